The third-order valence-electron chi connectivity index (χ3n) is 9.33. The first-order valence-corrected chi connectivity index (χ1v) is 20.0. The van der Waals surface area contributed by atoms with Gasteiger partial charge in [-0.3, -0.25) is 9.59 Å². The summed E-state index contributed by atoms with van der Waals surface area (Å²) in [6, 6.07) is 0. The van der Waals surface area contributed by atoms with Gasteiger partial charge in [0, 0.05) is 12.8 Å². The molecule has 0 saturated carbocycles. The number of hydrogen-bond donors (Lipinski definition) is 1. The number of unbranched alkanes of at least 4 members (excludes halogenated alkanes) is 28. The number of esters is 1. The van der Waals surface area contributed by atoms with Crippen molar-refractivity contribution in [3.63, 3.8) is 0 Å². The molecule has 44 heavy (non-hydrogen) atoms. The minimum absolute atomic E-state index is 0.00772. The zero-order valence-electron chi connectivity index (χ0n) is 30.0. The van der Waals surface area contributed by atoms with Crippen molar-refractivity contribution in [1.29, 1.82) is 0 Å². The summed E-state index contributed by atoms with van der Waals surface area (Å²) in [7, 11) is 0. The van der Waals surface area contributed by atoms with E-state index in [1.54, 1.807) is 0 Å². The van der Waals surface area contributed by atoms with Gasteiger partial charge < -0.3 is 9.84 Å². The summed E-state index contributed by atoms with van der Waals surface area (Å²) in [6.07, 6.45) is 42.6. The Hall–Kier alpha value is -1.06. The molecular weight excluding hydrogens is 544 g/mol. The van der Waals surface area contributed by atoms with Crippen LogP contribution in [0.2, 0.25) is 0 Å². The van der Waals surface area contributed by atoms with E-state index in [1.807, 2.05) is 0 Å². The summed E-state index contributed by atoms with van der Waals surface area (Å²) < 4.78 is 6.00. The van der Waals surface area contributed by atoms with E-state index >= 15 is 0 Å². The van der Waals surface area contributed by atoms with Crippen LogP contribution in [0, 0.1) is 0 Å². The van der Waals surface area contributed by atoms with Gasteiger partial charge in [0.05, 0.1) is 0 Å². The molecule has 0 aromatic carbocycles. The molecule has 0 rings (SSSR count). The van der Waals surface area contributed by atoms with E-state index in [1.165, 1.54) is 148 Å². The number of carboxylic acids is 1. The highest BCUT2D eigenvalue weighted by molar-refractivity contribution is 5.69. The predicted molar refractivity (Wildman–Crippen MR) is 190 cm³/mol. The van der Waals surface area contributed by atoms with Crippen molar-refractivity contribution < 1.29 is 19.4 Å². The van der Waals surface area contributed by atoms with E-state index in [0.29, 0.717) is 6.42 Å². The van der Waals surface area contributed by atoms with Crippen molar-refractivity contribution in [2.24, 2.45) is 0 Å². The number of ether oxygens (including phenoxy) is 1. The lowest BCUT2D eigenvalue weighted by molar-refractivity contribution is -0.150. The number of hydrogen-bond acceptors (Lipinski definition) is 3. The number of carboxylic acid groups (broad SMARTS) is 1. The van der Waals surface area contributed by atoms with Gasteiger partial charge in [-0.1, -0.05) is 187 Å². The quantitative estimate of drug-likeness (QED) is 0.0553. The van der Waals surface area contributed by atoms with Crippen LogP contribution in [0.4, 0.5) is 0 Å². The van der Waals surface area contributed by atoms with Crippen molar-refractivity contribution >= 4 is 11.9 Å². The summed E-state index contributed by atoms with van der Waals surface area (Å²) in [6.45, 7) is 4.56. The Morgan fingerprint density at radius 2 is 0.682 bits per heavy atom. The average Bonchev–Trinajstić information content (AvgIpc) is 3.00. The van der Waals surface area contributed by atoms with Crippen LogP contribution >= 0.6 is 0 Å². The van der Waals surface area contributed by atoms with Crippen molar-refractivity contribution in [3.05, 3.63) is 0 Å². The van der Waals surface area contributed by atoms with Crippen LogP contribution in [0.5, 0.6) is 0 Å². The Morgan fingerprint density at radius 1 is 0.409 bits per heavy atom. The number of rotatable bonds is 37. The lowest BCUT2D eigenvalue weighted by Gasteiger charge is -2.18. The second-order valence-corrected chi connectivity index (χ2v) is 13.8. The molecule has 262 valence electrons. The summed E-state index contributed by atoms with van der Waals surface area (Å²) in [5.41, 5.74) is 0. The summed E-state index contributed by atoms with van der Waals surface area (Å²) in [5.74, 6) is -0.688. The first kappa shape index (κ1) is 42.9. The first-order valence-electron chi connectivity index (χ1n) is 20.0. The number of carbonyl (C=O) groups is 2. The maximum atomic E-state index is 12.6. The van der Waals surface area contributed by atoms with Crippen molar-refractivity contribution in [2.45, 2.75) is 245 Å². The zero-order valence-corrected chi connectivity index (χ0v) is 30.0. The van der Waals surface area contributed by atoms with Crippen LogP contribution in [0.1, 0.15) is 239 Å². The SMILES string of the molecule is CCCCCCCCCCCCCCCCCC(CCCCCCCC(=O)O)OC(=O)CCCCCCCCCCCCC. The molecule has 4 nitrogen and oxygen atoms in total. The maximum Gasteiger partial charge on any atom is 0.306 e. The van der Waals surface area contributed by atoms with E-state index in [-0.39, 0.29) is 18.5 Å². The molecule has 1 N–H and O–H groups in total. The first-order chi connectivity index (χ1) is 21.6. The van der Waals surface area contributed by atoms with Gasteiger partial charge in [0.1, 0.15) is 6.10 Å². The molecular formula is C40H78O4. The highest BCUT2D eigenvalue weighted by Gasteiger charge is 2.14. The Balaban J connectivity index is 3.99. The Morgan fingerprint density at radius 3 is 1.00 bits per heavy atom. The van der Waals surface area contributed by atoms with Crippen LogP contribution in [-0.2, 0) is 14.3 Å². The van der Waals surface area contributed by atoms with Gasteiger partial charge in [0.25, 0.3) is 0 Å². The largest absolute Gasteiger partial charge is 0.481 e. The molecule has 1 unspecified atom stereocenters. The van der Waals surface area contributed by atoms with E-state index < -0.39 is 5.97 Å². The van der Waals surface area contributed by atoms with Gasteiger partial charge in [-0.05, 0) is 38.5 Å². The van der Waals surface area contributed by atoms with E-state index in [0.717, 1.165) is 64.2 Å². The lowest BCUT2D eigenvalue weighted by atomic mass is 10.0. The molecule has 0 aliphatic heterocycles. The van der Waals surface area contributed by atoms with Crippen molar-refractivity contribution in [3.8, 4) is 0 Å². The number of carbonyl (C=O) groups excluding carboxylic acids is 1. The molecule has 0 amide bonds. The fourth-order valence-corrected chi connectivity index (χ4v) is 6.36. The van der Waals surface area contributed by atoms with Crippen LogP contribution in [0.15, 0.2) is 0 Å². The highest BCUT2D eigenvalue weighted by atomic mass is 16.5. The molecule has 0 aliphatic rings. The highest BCUT2D eigenvalue weighted by Crippen LogP contribution is 2.19. The number of aliphatic carboxylic acids is 1. The van der Waals surface area contributed by atoms with Gasteiger partial charge in [0.15, 0.2) is 0 Å². The average molecular weight is 623 g/mol. The summed E-state index contributed by atoms with van der Waals surface area (Å²) >= 11 is 0. The van der Waals surface area contributed by atoms with Crippen LogP contribution in [0.3, 0.4) is 0 Å². The van der Waals surface area contributed by atoms with E-state index in [4.69, 9.17) is 9.84 Å². The predicted octanol–water partition coefficient (Wildman–Crippen LogP) is 13.7. The zero-order chi connectivity index (χ0) is 32.2. The standard InChI is InChI=1S/C40H78O4/c1-3-5-7-9-11-13-15-16-17-18-20-21-23-26-30-34-38(35-31-27-25-28-32-36-39(41)42)44-40(43)37-33-29-24-22-19-14-12-10-8-6-4-2/h38H,3-37H2,1-2H3,(H,41,42). The molecule has 4 heteroatoms. The van der Waals surface area contributed by atoms with Gasteiger partial charge in [-0.2, -0.15) is 0 Å². The molecule has 0 aromatic rings. The fourth-order valence-electron chi connectivity index (χ4n) is 6.36. The molecule has 0 radical (unpaired) electrons. The normalized spacial score (nSPS) is 12.0. The van der Waals surface area contributed by atoms with Crippen molar-refractivity contribution in [2.75, 3.05) is 0 Å². The molecule has 0 spiro atoms. The van der Waals surface area contributed by atoms with Gasteiger partial charge in [-0.25, -0.2) is 0 Å². The van der Waals surface area contributed by atoms with E-state index in [2.05, 4.69) is 13.8 Å². The van der Waals surface area contributed by atoms with Gasteiger partial charge in [0.2, 0.25) is 0 Å². The Kier molecular flexibility index (Phi) is 35.5. The molecule has 1 atom stereocenters. The molecule has 0 saturated heterocycles. The second kappa shape index (κ2) is 36.4. The van der Waals surface area contributed by atoms with Crippen LogP contribution < -0.4 is 0 Å². The molecule has 0 bridgehead atoms. The lowest BCUT2D eigenvalue weighted by Crippen LogP contribution is -2.18. The monoisotopic (exact) mass is 623 g/mol. The Bertz CT molecular complexity index is 590. The maximum absolute atomic E-state index is 12.6. The van der Waals surface area contributed by atoms with Gasteiger partial charge in [-0.15, -0.1) is 0 Å². The van der Waals surface area contributed by atoms with Crippen LogP contribution in [0.25, 0.3) is 0 Å². The third-order valence-corrected chi connectivity index (χ3v) is 9.33. The molecule has 0 heterocycles. The van der Waals surface area contributed by atoms with E-state index in [9.17, 15) is 9.59 Å². The fraction of sp³-hybridized carbons (Fsp3) is 0.950. The smallest absolute Gasteiger partial charge is 0.306 e. The second-order valence-electron chi connectivity index (χ2n) is 13.8. The Labute approximate surface area is 275 Å². The topological polar surface area (TPSA) is 63.6 Å². The molecule has 0 fully saturated rings. The minimum atomic E-state index is -0.696. The summed E-state index contributed by atoms with van der Waals surface area (Å²) in [4.78, 5) is 23.3. The molecule has 0 aliphatic carbocycles. The van der Waals surface area contributed by atoms with Gasteiger partial charge >= 0.3 is 11.9 Å². The van der Waals surface area contributed by atoms with Crippen molar-refractivity contribution in [1.82, 2.24) is 0 Å². The van der Waals surface area contributed by atoms with Crippen LogP contribution in [-0.4, -0.2) is 23.1 Å². The molecule has 0 aromatic heterocycles. The third kappa shape index (κ3) is 35.4. The minimum Gasteiger partial charge on any atom is -0.481 e. The summed E-state index contributed by atoms with van der Waals surface area (Å²) in [5, 5.41) is 8.81.